The highest BCUT2D eigenvalue weighted by atomic mass is 32.2. The van der Waals surface area contributed by atoms with Gasteiger partial charge in [-0.15, -0.1) is 11.8 Å². The van der Waals surface area contributed by atoms with Gasteiger partial charge in [0.15, 0.2) is 0 Å². The van der Waals surface area contributed by atoms with Gasteiger partial charge in [0.2, 0.25) is 0 Å². The van der Waals surface area contributed by atoms with Crippen molar-refractivity contribution in [2.45, 2.75) is 61.4 Å². The second-order valence-electron chi connectivity index (χ2n) is 5.16. The maximum Gasteiger partial charge on any atom is 0.132 e. The monoisotopic (exact) mass is 327 g/mol. The van der Waals surface area contributed by atoms with E-state index in [-0.39, 0.29) is 5.75 Å². The Bertz CT molecular complexity index is 309. The van der Waals surface area contributed by atoms with E-state index >= 15 is 0 Å². The maximum absolute atomic E-state index is 9.84. The quantitative estimate of drug-likeness (QED) is 0.258. The summed E-state index contributed by atoms with van der Waals surface area (Å²) in [7, 11) is 0. The molecule has 0 aliphatic carbocycles. The second kappa shape index (κ2) is 8.61. The summed E-state index contributed by atoms with van der Waals surface area (Å²) in [6.07, 6.45) is -6.82. The summed E-state index contributed by atoms with van der Waals surface area (Å²) in [5.74, 6) is 0.168. The van der Waals surface area contributed by atoms with Gasteiger partial charge >= 0.3 is 0 Å². The van der Waals surface area contributed by atoms with Crippen LogP contribution in [0.2, 0.25) is 0 Å². The predicted molar refractivity (Wildman–Crippen MR) is 76.5 cm³/mol. The van der Waals surface area contributed by atoms with Gasteiger partial charge in [-0.05, 0) is 6.42 Å². The fourth-order valence-corrected chi connectivity index (χ4v) is 3.23. The third-order valence-corrected chi connectivity index (χ3v) is 4.85. The summed E-state index contributed by atoms with van der Waals surface area (Å²) in [6.45, 7) is 1.22. The fourth-order valence-electron chi connectivity index (χ4n) is 2.04. The Morgan fingerprint density at radius 1 is 1.14 bits per heavy atom. The largest absolute Gasteiger partial charge is 0.394 e. The molecule has 8 atom stereocenters. The predicted octanol–water partition coefficient (Wildman–Crippen LogP) is -3.02. The van der Waals surface area contributed by atoms with Gasteiger partial charge in [0, 0.05) is 11.8 Å². The molecule has 0 bridgehead atoms. The van der Waals surface area contributed by atoms with Crippen molar-refractivity contribution in [3.05, 3.63) is 0 Å². The Labute approximate surface area is 127 Å². The lowest BCUT2D eigenvalue weighted by Gasteiger charge is -2.40. The molecule has 0 aromatic rings. The van der Waals surface area contributed by atoms with Crippen molar-refractivity contribution in [3.63, 3.8) is 0 Å². The third-order valence-electron chi connectivity index (χ3n) is 3.55. The summed E-state index contributed by atoms with van der Waals surface area (Å²) in [6, 6.07) is -0.739. The minimum atomic E-state index is -1.43. The van der Waals surface area contributed by atoms with E-state index in [1.807, 2.05) is 0 Å². The van der Waals surface area contributed by atoms with Crippen molar-refractivity contribution >= 4 is 11.8 Å². The molecule has 8 nitrogen and oxygen atoms in total. The molecule has 3 unspecified atom stereocenters. The molecule has 126 valence electrons. The first-order chi connectivity index (χ1) is 9.83. The number of aliphatic hydroxyl groups excluding tert-OH is 6. The number of hydrogen-bond acceptors (Lipinski definition) is 9. The second-order valence-corrected chi connectivity index (χ2v) is 6.29. The molecule has 0 saturated carbocycles. The molecule has 1 heterocycles. The van der Waals surface area contributed by atoms with Crippen molar-refractivity contribution in [2.75, 3.05) is 12.4 Å². The summed E-state index contributed by atoms with van der Waals surface area (Å²) in [5.41, 5.74) is 4.86. The van der Waals surface area contributed by atoms with Crippen LogP contribution in [-0.4, -0.2) is 91.1 Å². The lowest BCUT2D eigenvalue weighted by Crippen LogP contribution is -2.58. The first-order valence-corrected chi connectivity index (χ1v) is 7.92. The number of aliphatic hydroxyl groups is 6. The van der Waals surface area contributed by atoms with Crippen LogP contribution in [0.4, 0.5) is 0 Å². The molecule has 1 rings (SSSR count). The van der Waals surface area contributed by atoms with Gasteiger partial charge in [0.1, 0.15) is 29.9 Å². The van der Waals surface area contributed by atoms with Gasteiger partial charge in [0.05, 0.1) is 18.8 Å². The van der Waals surface area contributed by atoms with Crippen LogP contribution in [0.25, 0.3) is 0 Å². The van der Waals surface area contributed by atoms with E-state index in [1.165, 1.54) is 0 Å². The van der Waals surface area contributed by atoms with Crippen molar-refractivity contribution in [1.82, 2.24) is 0 Å². The molecule has 0 spiro atoms. The van der Waals surface area contributed by atoms with Crippen LogP contribution in [0.5, 0.6) is 0 Å². The van der Waals surface area contributed by atoms with E-state index < -0.39 is 54.7 Å². The summed E-state index contributed by atoms with van der Waals surface area (Å²) in [5, 5.41) is 57.5. The van der Waals surface area contributed by atoms with Crippen LogP contribution in [0, 0.1) is 0 Å². The summed E-state index contributed by atoms with van der Waals surface area (Å²) in [4.78, 5) is 0. The molecule has 9 heteroatoms. The van der Waals surface area contributed by atoms with Crippen LogP contribution in [0.1, 0.15) is 13.3 Å². The molecule has 0 radical (unpaired) electrons. The maximum atomic E-state index is 9.84. The van der Waals surface area contributed by atoms with Gasteiger partial charge in [-0.1, -0.05) is 6.92 Å². The standard InChI is InChI=1S/C12H25NO7S/c1-2-6(15)8(16)5(13)4-21-12-11(19)10(18)9(17)7(3-14)20-12/h5-12,14-19H,2-4,13H2,1H3/t5-,6+,7?,8-,9-,10?,11?,12-/m0/s1. The molecular formula is C12H25NO7S. The molecule has 1 aliphatic heterocycles. The molecule has 1 fully saturated rings. The highest BCUT2D eigenvalue weighted by molar-refractivity contribution is 7.99. The SMILES string of the molecule is CC[C@@H](O)[C@@H](O)[C@@H](N)CS[C@@H]1OC(CO)[C@H](O)C(O)C1O. The van der Waals surface area contributed by atoms with E-state index in [1.54, 1.807) is 6.92 Å². The molecule has 21 heavy (non-hydrogen) atoms. The Balaban J connectivity index is 2.53. The lowest BCUT2D eigenvalue weighted by molar-refractivity contribution is -0.205. The van der Waals surface area contributed by atoms with Gasteiger partial charge in [-0.25, -0.2) is 0 Å². The van der Waals surface area contributed by atoms with Gasteiger partial charge in [-0.2, -0.15) is 0 Å². The number of thioether (sulfide) groups is 1. The topological polar surface area (TPSA) is 157 Å². The smallest absolute Gasteiger partial charge is 0.132 e. The normalized spacial score (nSPS) is 38.0. The molecule has 0 amide bonds. The zero-order valence-corrected chi connectivity index (χ0v) is 12.6. The van der Waals surface area contributed by atoms with E-state index in [0.29, 0.717) is 6.42 Å². The Kier molecular flexibility index (Phi) is 7.82. The first kappa shape index (κ1) is 19.1. The average molecular weight is 327 g/mol. The van der Waals surface area contributed by atoms with Crippen molar-refractivity contribution in [1.29, 1.82) is 0 Å². The third kappa shape index (κ3) is 4.75. The van der Waals surface area contributed by atoms with Gasteiger partial charge in [0.25, 0.3) is 0 Å². The zero-order valence-electron chi connectivity index (χ0n) is 11.8. The summed E-state index contributed by atoms with van der Waals surface area (Å²) < 4.78 is 5.30. The Morgan fingerprint density at radius 2 is 1.76 bits per heavy atom. The zero-order chi connectivity index (χ0) is 16.2. The van der Waals surface area contributed by atoms with E-state index in [0.717, 1.165) is 11.8 Å². The van der Waals surface area contributed by atoms with Crippen molar-refractivity contribution in [3.8, 4) is 0 Å². The highest BCUT2D eigenvalue weighted by Gasteiger charge is 2.43. The van der Waals surface area contributed by atoms with Crippen molar-refractivity contribution < 1.29 is 35.4 Å². The Hall–Kier alpha value is 0.0300. The number of rotatable bonds is 7. The molecule has 0 aromatic carbocycles. The van der Waals surface area contributed by atoms with Gasteiger partial charge in [-0.3, -0.25) is 0 Å². The number of nitrogens with two attached hydrogens (primary N) is 1. The highest BCUT2D eigenvalue weighted by Crippen LogP contribution is 2.29. The molecule has 1 aliphatic rings. The lowest BCUT2D eigenvalue weighted by atomic mass is 10.0. The van der Waals surface area contributed by atoms with E-state index in [2.05, 4.69) is 0 Å². The molecule has 1 saturated heterocycles. The number of hydrogen-bond donors (Lipinski definition) is 7. The summed E-state index contributed by atoms with van der Waals surface area (Å²) >= 11 is 1.04. The van der Waals surface area contributed by atoms with Crippen LogP contribution in [-0.2, 0) is 4.74 Å². The van der Waals surface area contributed by atoms with Crippen LogP contribution >= 0.6 is 11.8 Å². The van der Waals surface area contributed by atoms with E-state index in [4.69, 9.17) is 15.6 Å². The van der Waals surface area contributed by atoms with Gasteiger partial charge < -0.3 is 41.1 Å². The molecular weight excluding hydrogens is 302 g/mol. The first-order valence-electron chi connectivity index (χ1n) is 6.87. The van der Waals surface area contributed by atoms with Crippen LogP contribution in [0.15, 0.2) is 0 Å². The van der Waals surface area contributed by atoms with Crippen molar-refractivity contribution in [2.24, 2.45) is 5.73 Å². The minimum Gasteiger partial charge on any atom is -0.394 e. The van der Waals surface area contributed by atoms with E-state index in [9.17, 15) is 25.5 Å². The van der Waals surface area contributed by atoms with Crippen LogP contribution < -0.4 is 5.73 Å². The molecule has 0 aromatic heterocycles. The minimum absolute atomic E-state index is 0.168. The molecule has 8 N–H and O–H groups in total. The number of ether oxygens (including phenoxy) is 1. The van der Waals surface area contributed by atoms with Crippen LogP contribution in [0.3, 0.4) is 0 Å². The fraction of sp³-hybridized carbons (Fsp3) is 1.00. The Morgan fingerprint density at radius 3 is 2.29 bits per heavy atom. The average Bonchev–Trinajstić information content (AvgIpc) is 2.50.